The molecule has 0 N–H and O–H groups in total. The highest BCUT2D eigenvalue weighted by molar-refractivity contribution is 6.93. The molecule has 0 aromatic rings. The molecule has 0 unspecified atom stereocenters. The van der Waals surface area contributed by atoms with Gasteiger partial charge in [0.2, 0.25) is 10.8 Å². The fourth-order valence-electron chi connectivity index (χ4n) is 3.58. The monoisotopic (exact) mass is 424 g/mol. The summed E-state index contributed by atoms with van der Waals surface area (Å²) >= 11 is 0. The molecule has 1 rings (SSSR count). The van der Waals surface area contributed by atoms with Crippen LogP contribution in [0.5, 0.6) is 0 Å². The summed E-state index contributed by atoms with van der Waals surface area (Å²) in [5.74, 6) is -1.58. The van der Waals surface area contributed by atoms with Crippen LogP contribution in [-0.2, 0) is 14.3 Å². The SMILES string of the molecule is CCOC(=O)/C=C1\C([Si](C)(C)C)=C([Si](C)(C)C)C(=O)C(C#N)(C#N)C1(C#N)C#N. The van der Waals surface area contributed by atoms with Gasteiger partial charge in [-0.1, -0.05) is 44.5 Å². The molecule has 0 saturated heterocycles. The van der Waals surface area contributed by atoms with Crippen molar-refractivity contribution in [2.24, 2.45) is 10.8 Å². The highest BCUT2D eigenvalue weighted by Crippen LogP contribution is 2.56. The Morgan fingerprint density at radius 2 is 1.31 bits per heavy atom. The van der Waals surface area contributed by atoms with E-state index in [-0.39, 0.29) is 12.2 Å². The largest absolute Gasteiger partial charge is 0.463 e. The van der Waals surface area contributed by atoms with Crippen molar-refractivity contribution in [3.8, 4) is 24.3 Å². The fraction of sp³-hybridized carbons (Fsp3) is 0.500. The van der Waals surface area contributed by atoms with Gasteiger partial charge in [-0.25, -0.2) is 4.79 Å². The third-order valence-electron chi connectivity index (χ3n) is 4.77. The summed E-state index contributed by atoms with van der Waals surface area (Å²) in [6.07, 6.45) is 1.03. The Morgan fingerprint density at radius 3 is 1.62 bits per heavy atom. The van der Waals surface area contributed by atoms with Crippen LogP contribution in [-0.4, -0.2) is 34.5 Å². The van der Waals surface area contributed by atoms with E-state index in [1.54, 1.807) is 31.2 Å². The van der Waals surface area contributed by atoms with Gasteiger partial charge in [0.15, 0.2) is 5.78 Å². The van der Waals surface area contributed by atoms with Gasteiger partial charge in [-0.15, -0.1) is 0 Å². The Morgan fingerprint density at radius 1 is 0.897 bits per heavy atom. The molecule has 0 heterocycles. The van der Waals surface area contributed by atoms with Crippen molar-refractivity contribution < 1.29 is 14.3 Å². The topological polar surface area (TPSA) is 139 Å². The molecule has 7 nitrogen and oxygen atoms in total. The summed E-state index contributed by atoms with van der Waals surface area (Å²) in [4.78, 5) is 26.0. The third kappa shape index (κ3) is 3.56. The Hall–Kier alpha value is -2.99. The molecule has 0 spiro atoms. The van der Waals surface area contributed by atoms with Gasteiger partial charge in [-0.05, 0) is 17.7 Å². The van der Waals surface area contributed by atoms with Crippen LogP contribution in [0.2, 0.25) is 39.3 Å². The van der Waals surface area contributed by atoms with Gasteiger partial charge in [-0.3, -0.25) is 4.79 Å². The zero-order valence-corrected chi connectivity index (χ0v) is 19.8. The maximum atomic E-state index is 13.6. The lowest BCUT2D eigenvalue weighted by molar-refractivity contribution is -0.137. The van der Waals surface area contributed by atoms with Crippen LogP contribution in [0.4, 0.5) is 0 Å². The van der Waals surface area contributed by atoms with Gasteiger partial charge in [0.25, 0.3) is 0 Å². The molecule has 9 heteroatoms. The first kappa shape index (κ1) is 24.1. The number of allylic oxidation sites excluding steroid dienone is 3. The highest BCUT2D eigenvalue weighted by Gasteiger charge is 2.68. The van der Waals surface area contributed by atoms with E-state index in [1.807, 2.05) is 39.3 Å². The van der Waals surface area contributed by atoms with Gasteiger partial charge < -0.3 is 4.74 Å². The molecule has 0 fully saturated rings. The van der Waals surface area contributed by atoms with Crippen molar-refractivity contribution >= 4 is 27.9 Å². The van der Waals surface area contributed by atoms with Gasteiger partial charge in [0.05, 0.1) is 47.0 Å². The van der Waals surface area contributed by atoms with E-state index < -0.39 is 38.7 Å². The zero-order chi connectivity index (χ0) is 22.8. The molecule has 0 amide bonds. The van der Waals surface area contributed by atoms with Crippen LogP contribution < -0.4 is 0 Å². The molecule has 150 valence electrons. The molecule has 1 aliphatic rings. The van der Waals surface area contributed by atoms with Crippen molar-refractivity contribution in [3.05, 3.63) is 22.0 Å². The summed E-state index contributed by atoms with van der Waals surface area (Å²) in [6, 6.07) is 6.87. The molecule has 0 bridgehead atoms. The normalized spacial score (nSPS) is 19.6. The molecular weight excluding hydrogens is 400 g/mol. The number of esters is 1. The molecule has 0 atom stereocenters. The molecule has 0 aromatic carbocycles. The van der Waals surface area contributed by atoms with Crippen LogP contribution in [0, 0.1) is 56.2 Å². The molecule has 29 heavy (non-hydrogen) atoms. The van der Waals surface area contributed by atoms with Crippen LogP contribution in [0.1, 0.15) is 6.92 Å². The maximum Gasteiger partial charge on any atom is 0.331 e. The number of nitrogens with zero attached hydrogens (tertiary/aromatic N) is 4. The number of Topliss-reactive ketones (excluding diaryl/α,β-unsaturated/α-hetero) is 1. The predicted molar refractivity (Wildman–Crippen MR) is 111 cm³/mol. The van der Waals surface area contributed by atoms with Crippen molar-refractivity contribution in [2.75, 3.05) is 6.61 Å². The number of ketones is 1. The minimum atomic E-state index is -2.56. The second-order valence-electron chi connectivity index (χ2n) is 8.84. The number of carbonyl (C=O) groups is 2. The third-order valence-corrected chi connectivity index (χ3v) is 9.02. The first-order valence-corrected chi connectivity index (χ1v) is 16.1. The van der Waals surface area contributed by atoms with Crippen LogP contribution in [0.3, 0.4) is 0 Å². The van der Waals surface area contributed by atoms with E-state index >= 15 is 0 Å². The van der Waals surface area contributed by atoms with Crippen LogP contribution in [0.15, 0.2) is 22.0 Å². The van der Waals surface area contributed by atoms with Crippen LogP contribution >= 0.6 is 0 Å². The molecule has 0 aliphatic heterocycles. The van der Waals surface area contributed by atoms with E-state index in [0.29, 0.717) is 10.4 Å². The first-order chi connectivity index (χ1) is 13.2. The van der Waals surface area contributed by atoms with E-state index in [9.17, 15) is 30.6 Å². The summed E-state index contributed by atoms with van der Waals surface area (Å²) in [6.45, 7) is 13.2. The van der Waals surface area contributed by atoms with E-state index in [2.05, 4.69) is 0 Å². The molecular formula is C20H24N4O3Si2. The van der Waals surface area contributed by atoms with E-state index in [0.717, 1.165) is 6.08 Å². The van der Waals surface area contributed by atoms with Crippen LogP contribution in [0.25, 0.3) is 0 Å². The smallest absolute Gasteiger partial charge is 0.331 e. The van der Waals surface area contributed by atoms with Crippen molar-refractivity contribution in [2.45, 2.75) is 46.2 Å². The standard InChI is InChI=1S/C20H24N4O3Si2/c1-8-27-15(25)9-14-16(28(2,3)4)17(29(5,6)7)18(26)20(12-23,13-24)19(14,10-21)11-22/h9H,8H2,1-7H3/b14-9+. The van der Waals surface area contributed by atoms with E-state index in [1.165, 1.54) is 0 Å². The average Bonchev–Trinajstić information content (AvgIpc) is 2.60. The predicted octanol–water partition coefficient (Wildman–Crippen LogP) is 3.18. The minimum Gasteiger partial charge on any atom is -0.463 e. The van der Waals surface area contributed by atoms with Crippen molar-refractivity contribution in [1.82, 2.24) is 0 Å². The fourth-order valence-corrected chi connectivity index (χ4v) is 9.51. The second-order valence-corrected chi connectivity index (χ2v) is 18.8. The Kier molecular flexibility index (Phi) is 6.47. The van der Waals surface area contributed by atoms with Crippen molar-refractivity contribution in [3.63, 3.8) is 0 Å². The average molecular weight is 425 g/mol. The number of hydrogen-bond acceptors (Lipinski definition) is 7. The molecule has 0 saturated carbocycles. The lowest BCUT2D eigenvalue weighted by Gasteiger charge is -2.45. The summed E-state index contributed by atoms with van der Waals surface area (Å²) < 4.78 is 4.99. The lowest BCUT2D eigenvalue weighted by Crippen LogP contribution is -2.56. The van der Waals surface area contributed by atoms with Gasteiger partial charge in [0.1, 0.15) is 0 Å². The molecule has 0 radical (unpaired) electrons. The number of rotatable bonds is 4. The van der Waals surface area contributed by atoms with Gasteiger partial charge in [-0.2, -0.15) is 21.0 Å². The number of ether oxygens (including phenoxy) is 1. The van der Waals surface area contributed by atoms with E-state index in [4.69, 9.17) is 4.74 Å². The number of nitriles is 4. The molecule has 0 aromatic heterocycles. The quantitative estimate of drug-likeness (QED) is 0.383. The maximum absolute atomic E-state index is 13.6. The summed E-state index contributed by atoms with van der Waals surface area (Å²) in [5, 5.41) is 40.7. The summed E-state index contributed by atoms with van der Waals surface area (Å²) in [5.41, 5.74) is -5.03. The first-order valence-electron chi connectivity index (χ1n) is 9.08. The summed E-state index contributed by atoms with van der Waals surface area (Å²) in [7, 11) is -4.90. The number of hydrogen-bond donors (Lipinski definition) is 0. The van der Waals surface area contributed by atoms with Crippen molar-refractivity contribution in [1.29, 1.82) is 21.0 Å². The number of carbonyl (C=O) groups excluding carboxylic acids is 2. The van der Waals surface area contributed by atoms with Gasteiger partial charge >= 0.3 is 5.97 Å². The lowest BCUT2D eigenvalue weighted by atomic mass is 9.57. The Bertz CT molecular complexity index is 956. The molecule has 1 aliphatic carbocycles. The Balaban J connectivity index is 4.44. The second kappa shape index (κ2) is 7.80. The zero-order valence-electron chi connectivity index (χ0n) is 17.8. The Labute approximate surface area is 173 Å². The highest BCUT2D eigenvalue weighted by atomic mass is 28.3. The van der Waals surface area contributed by atoms with Gasteiger partial charge in [0, 0.05) is 6.08 Å². The minimum absolute atomic E-state index is 0.0414.